The average molecular weight is 412 g/mol. The number of ether oxygens (including phenoxy) is 3. The molecular formula is C17H18ClN3O5S. The van der Waals surface area contributed by atoms with Crippen molar-refractivity contribution in [2.24, 2.45) is 0 Å². The highest BCUT2D eigenvalue weighted by Crippen LogP contribution is 2.26. The van der Waals surface area contributed by atoms with E-state index < -0.39 is 18.0 Å². The smallest absolute Gasteiger partial charge is 0.359 e. The summed E-state index contributed by atoms with van der Waals surface area (Å²) >= 11 is 7.20. The van der Waals surface area contributed by atoms with E-state index in [4.69, 9.17) is 25.8 Å². The molecule has 0 aliphatic rings. The largest absolute Gasteiger partial charge is 0.497 e. The normalized spacial score (nSPS) is 11.4. The first-order chi connectivity index (χ1) is 12.9. The molecular weight excluding hydrogens is 394 g/mol. The number of benzene rings is 1. The van der Waals surface area contributed by atoms with Crippen LogP contribution in [0.3, 0.4) is 0 Å². The predicted molar refractivity (Wildman–Crippen MR) is 102 cm³/mol. The van der Waals surface area contributed by atoms with Gasteiger partial charge in [-0.05, 0) is 13.2 Å². The SMILES string of the molecule is COc1cc(NC(=O)[C@H](C)OC(=O)c2nc(SC)ncc2Cl)cc(OC)c1. The van der Waals surface area contributed by atoms with Crippen molar-refractivity contribution in [3.63, 3.8) is 0 Å². The number of rotatable bonds is 7. The monoisotopic (exact) mass is 411 g/mol. The number of esters is 1. The van der Waals surface area contributed by atoms with Crippen LogP contribution < -0.4 is 14.8 Å². The Morgan fingerprint density at radius 3 is 2.37 bits per heavy atom. The van der Waals surface area contributed by atoms with Gasteiger partial charge in [-0.15, -0.1) is 0 Å². The molecule has 0 fully saturated rings. The van der Waals surface area contributed by atoms with Crippen LogP contribution in [0.5, 0.6) is 11.5 Å². The number of amides is 1. The highest BCUT2D eigenvalue weighted by molar-refractivity contribution is 7.98. The quantitative estimate of drug-likeness (QED) is 0.421. The number of nitrogens with zero attached hydrogens (tertiary/aromatic N) is 2. The summed E-state index contributed by atoms with van der Waals surface area (Å²) in [5.41, 5.74) is 0.336. The van der Waals surface area contributed by atoms with E-state index in [0.29, 0.717) is 22.3 Å². The summed E-state index contributed by atoms with van der Waals surface area (Å²) < 4.78 is 15.5. The molecule has 0 unspecified atom stereocenters. The van der Waals surface area contributed by atoms with Gasteiger partial charge < -0.3 is 19.5 Å². The van der Waals surface area contributed by atoms with Gasteiger partial charge in [-0.1, -0.05) is 23.4 Å². The summed E-state index contributed by atoms with van der Waals surface area (Å²) in [6.07, 6.45) is 1.99. The predicted octanol–water partition coefficient (Wildman–Crippen LogP) is 3.05. The standard InChI is InChI=1S/C17H18ClN3O5S/c1-9(26-16(23)14-13(18)8-19-17(21-14)27-4)15(22)20-10-5-11(24-2)7-12(6-10)25-3/h5-9H,1-4H3,(H,20,22)/t9-/m0/s1. The Morgan fingerprint density at radius 1 is 1.19 bits per heavy atom. The highest BCUT2D eigenvalue weighted by atomic mass is 35.5. The number of carbonyl (C=O) groups is 2. The van der Waals surface area contributed by atoms with Crippen LogP contribution in [0.15, 0.2) is 29.6 Å². The first-order valence-corrected chi connectivity index (χ1v) is 9.29. The number of aromatic nitrogens is 2. The zero-order valence-corrected chi connectivity index (χ0v) is 16.7. The molecule has 0 radical (unpaired) electrons. The third-order valence-corrected chi connectivity index (χ3v) is 4.21. The Kier molecular flexibility index (Phi) is 7.26. The Morgan fingerprint density at radius 2 is 1.81 bits per heavy atom. The molecule has 10 heteroatoms. The van der Waals surface area contributed by atoms with Gasteiger partial charge >= 0.3 is 5.97 Å². The number of thioether (sulfide) groups is 1. The van der Waals surface area contributed by atoms with Gasteiger partial charge in [0.2, 0.25) is 0 Å². The molecule has 144 valence electrons. The summed E-state index contributed by atoms with van der Waals surface area (Å²) in [7, 11) is 3.00. The van der Waals surface area contributed by atoms with Crippen LogP contribution in [0.2, 0.25) is 5.02 Å². The van der Waals surface area contributed by atoms with Crippen molar-refractivity contribution >= 4 is 40.9 Å². The fourth-order valence-corrected chi connectivity index (χ4v) is 2.49. The third kappa shape index (κ3) is 5.48. The molecule has 1 atom stereocenters. The minimum atomic E-state index is -1.08. The molecule has 1 N–H and O–H groups in total. The van der Waals surface area contributed by atoms with Gasteiger partial charge in [0.25, 0.3) is 5.91 Å². The van der Waals surface area contributed by atoms with Gasteiger partial charge in [-0.25, -0.2) is 14.8 Å². The van der Waals surface area contributed by atoms with E-state index in [1.807, 2.05) is 0 Å². The summed E-state index contributed by atoms with van der Waals surface area (Å²) in [6, 6.07) is 4.89. The second-order valence-corrected chi connectivity index (χ2v) is 6.37. The van der Waals surface area contributed by atoms with Crippen molar-refractivity contribution in [2.45, 2.75) is 18.2 Å². The van der Waals surface area contributed by atoms with Crippen LogP contribution in [0.25, 0.3) is 0 Å². The number of halogens is 1. The number of methoxy groups -OCH3 is 2. The molecule has 27 heavy (non-hydrogen) atoms. The first kappa shape index (κ1) is 20.8. The van der Waals surface area contributed by atoms with Crippen molar-refractivity contribution in [3.8, 4) is 11.5 Å². The maximum Gasteiger partial charge on any atom is 0.359 e. The van der Waals surface area contributed by atoms with Crippen molar-refractivity contribution in [1.29, 1.82) is 0 Å². The lowest BCUT2D eigenvalue weighted by molar-refractivity contribution is -0.123. The van der Waals surface area contributed by atoms with E-state index in [0.717, 1.165) is 0 Å². The van der Waals surface area contributed by atoms with Crippen LogP contribution in [0, 0.1) is 0 Å². The number of hydrogen-bond donors (Lipinski definition) is 1. The first-order valence-electron chi connectivity index (χ1n) is 7.69. The Bertz CT molecular complexity index is 827. The maximum atomic E-state index is 12.3. The molecule has 1 heterocycles. The van der Waals surface area contributed by atoms with Gasteiger partial charge in [0, 0.05) is 23.9 Å². The van der Waals surface area contributed by atoms with Gasteiger partial charge in [-0.3, -0.25) is 4.79 Å². The number of nitrogens with one attached hydrogen (secondary N) is 1. The molecule has 1 aromatic carbocycles. The molecule has 8 nitrogen and oxygen atoms in total. The fraction of sp³-hybridized carbons (Fsp3) is 0.294. The molecule has 0 saturated heterocycles. The maximum absolute atomic E-state index is 12.3. The van der Waals surface area contributed by atoms with Crippen LogP contribution in [0.4, 0.5) is 5.69 Å². The minimum absolute atomic E-state index is 0.0444. The van der Waals surface area contributed by atoms with Crippen LogP contribution in [-0.2, 0) is 9.53 Å². The van der Waals surface area contributed by atoms with E-state index in [-0.39, 0.29) is 10.7 Å². The lowest BCUT2D eigenvalue weighted by Crippen LogP contribution is -2.30. The molecule has 0 saturated carbocycles. The van der Waals surface area contributed by atoms with E-state index >= 15 is 0 Å². The van der Waals surface area contributed by atoms with E-state index in [2.05, 4.69) is 15.3 Å². The van der Waals surface area contributed by atoms with Crippen molar-refractivity contribution in [2.75, 3.05) is 25.8 Å². The van der Waals surface area contributed by atoms with Crippen LogP contribution >= 0.6 is 23.4 Å². The number of hydrogen-bond acceptors (Lipinski definition) is 8. The molecule has 0 bridgehead atoms. The van der Waals surface area contributed by atoms with Crippen molar-refractivity contribution in [1.82, 2.24) is 9.97 Å². The summed E-state index contributed by atoms with van der Waals surface area (Å²) in [5, 5.41) is 3.05. The summed E-state index contributed by atoms with van der Waals surface area (Å²) in [6.45, 7) is 1.44. The molecule has 1 aromatic heterocycles. The molecule has 0 aliphatic heterocycles. The second-order valence-electron chi connectivity index (χ2n) is 5.19. The molecule has 2 aromatic rings. The van der Waals surface area contributed by atoms with E-state index in [1.165, 1.54) is 39.1 Å². The topological polar surface area (TPSA) is 99.6 Å². The molecule has 0 aliphatic carbocycles. The van der Waals surface area contributed by atoms with Crippen molar-refractivity contribution < 1.29 is 23.8 Å². The Balaban J connectivity index is 2.08. The minimum Gasteiger partial charge on any atom is -0.497 e. The zero-order valence-electron chi connectivity index (χ0n) is 15.1. The van der Waals surface area contributed by atoms with Crippen LogP contribution in [-0.4, -0.2) is 48.4 Å². The van der Waals surface area contributed by atoms with Gasteiger partial charge in [0.15, 0.2) is 17.0 Å². The van der Waals surface area contributed by atoms with Crippen LogP contribution in [0.1, 0.15) is 17.4 Å². The number of anilines is 1. The van der Waals surface area contributed by atoms with E-state index in [9.17, 15) is 9.59 Å². The lowest BCUT2D eigenvalue weighted by Gasteiger charge is -2.15. The average Bonchev–Trinajstić information content (AvgIpc) is 2.67. The zero-order chi connectivity index (χ0) is 20.0. The van der Waals surface area contributed by atoms with E-state index in [1.54, 1.807) is 24.5 Å². The Labute approximate surface area is 165 Å². The highest BCUT2D eigenvalue weighted by Gasteiger charge is 2.23. The molecule has 2 rings (SSSR count). The van der Waals surface area contributed by atoms with Gasteiger partial charge in [0.1, 0.15) is 11.5 Å². The van der Waals surface area contributed by atoms with Gasteiger partial charge in [-0.2, -0.15) is 0 Å². The van der Waals surface area contributed by atoms with Gasteiger partial charge in [0.05, 0.1) is 25.4 Å². The van der Waals surface area contributed by atoms with Crippen molar-refractivity contribution in [3.05, 3.63) is 35.1 Å². The lowest BCUT2D eigenvalue weighted by atomic mass is 10.2. The third-order valence-electron chi connectivity index (χ3n) is 3.37. The Hall–Kier alpha value is -2.52. The molecule has 1 amide bonds. The summed E-state index contributed by atoms with van der Waals surface area (Å²) in [4.78, 5) is 32.6. The second kappa shape index (κ2) is 9.43. The summed E-state index contributed by atoms with van der Waals surface area (Å²) in [5.74, 6) is -0.337. The molecule has 0 spiro atoms. The number of carbonyl (C=O) groups excluding carboxylic acids is 2. The fourth-order valence-electron chi connectivity index (χ4n) is 1.99.